The van der Waals surface area contributed by atoms with Gasteiger partial charge in [-0.25, -0.2) is 0 Å². The summed E-state index contributed by atoms with van der Waals surface area (Å²) in [7, 11) is 0. The Bertz CT molecular complexity index is 3450. The standard InChI is InChI=1S/C56H32F3N/c57-56(58,59)48-29-35(24-25-37(48)31-60)34-16-9-17-36(28-34)38-26-27-45-51-41(38)20-10-23-44(51)55-50(33-14-5-2-6-15-33)53-43-22-11-21-42-39-18-7-8-19-40(39)46(52(42)43)30-47(53)49(54(45)55)32-12-3-1-4-13-32/h1-30,51-52H. The van der Waals surface area contributed by atoms with Gasteiger partial charge >= 0.3 is 6.18 Å². The lowest BCUT2D eigenvalue weighted by molar-refractivity contribution is -0.137. The molecule has 0 aliphatic heterocycles. The minimum Gasteiger partial charge on any atom is -0.192 e. The predicted octanol–water partition coefficient (Wildman–Crippen LogP) is 10.7. The van der Waals surface area contributed by atoms with Gasteiger partial charge in [0.1, 0.15) is 0 Å². The highest BCUT2D eigenvalue weighted by molar-refractivity contribution is 6.12. The Morgan fingerprint density at radius 2 is 1.10 bits per heavy atom. The highest BCUT2D eigenvalue weighted by atomic mass is 19.4. The summed E-state index contributed by atoms with van der Waals surface area (Å²) in [5.41, 5.74) is 16.7. The van der Waals surface area contributed by atoms with Crippen molar-refractivity contribution < 1.29 is 13.2 Å². The average Bonchev–Trinajstić information content (AvgIpc) is 3.80. The smallest absolute Gasteiger partial charge is 0.192 e. The first-order valence-electron chi connectivity index (χ1n) is 20.2. The summed E-state index contributed by atoms with van der Waals surface area (Å²) >= 11 is 0. The number of rotatable bonds is 4. The molecule has 1 nitrogen and oxygen atoms in total. The topological polar surface area (TPSA) is 23.8 Å². The number of fused-ring (bicyclic) bond motifs is 5. The zero-order chi connectivity index (χ0) is 40.3. The molecule has 0 saturated carbocycles. The van der Waals surface area contributed by atoms with Crippen LogP contribution in [0.3, 0.4) is 0 Å². The fourth-order valence-electron chi connectivity index (χ4n) is 10.7. The second-order valence-electron chi connectivity index (χ2n) is 16.1. The maximum absolute atomic E-state index is 14.0. The van der Waals surface area contributed by atoms with Gasteiger partial charge in [0, 0.05) is 11.8 Å². The summed E-state index contributed by atoms with van der Waals surface area (Å²) in [6.07, 6.45) is 15.8. The third kappa shape index (κ3) is 4.87. The van der Waals surface area contributed by atoms with Crippen LogP contribution in [0, 0.1) is 23.2 Å². The summed E-state index contributed by atoms with van der Waals surface area (Å²) in [5.74, 6) is 0.0857. The van der Waals surface area contributed by atoms with Crippen LogP contribution in [0.1, 0.15) is 27.8 Å². The Kier molecular flexibility index (Phi) is 7.35. The first-order valence-corrected chi connectivity index (χ1v) is 20.2. The van der Waals surface area contributed by atoms with E-state index in [2.05, 4.69) is 140 Å². The normalized spacial score (nSPS) is 18.5. The van der Waals surface area contributed by atoms with Crippen molar-refractivity contribution in [3.63, 3.8) is 0 Å². The second-order valence-corrected chi connectivity index (χ2v) is 16.1. The SMILES string of the molecule is N#Cc1ccc(-c2cccc(C3=CC=C4c5c(-c6ccccc6)c6c(c(-c7ccccc7)c5=C5C=CC=C3C45)C3=CC=CC4=c5ccccc5=C(C=6)C34)c2)cc1C(F)(F)F. The van der Waals surface area contributed by atoms with Crippen LogP contribution >= 0.6 is 0 Å². The summed E-state index contributed by atoms with van der Waals surface area (Å²) in [6.45, 7) is 0. The summed E-state index contributed by atoms with van der Waals surface area (Å²) in [4.78, 5) is 0. The lowest BCUT2D eigenvalue weighted by atomic mass is 9.71. The minimum absolute atomic E-state index is 0.0515. The van der Waals surface area contributed by atoms with E-state index in [4.69, 9.17) is 0 Å². The molecule has 0 aromatic heterocycles. The number of allylic oxidation sites excluding steroid dienone is 12. The van der Waals surface area contributed by atoms with Gasteiger partial charge in [-0.05, 0) is 134 Å². The van der Waals surface area contributed by atoms with Crippen molar-refractivity contribution in [2.75, 3.05) is 0 Å². The number of benzene rings is 6. The van der Waals surface area contributed by atoms with Crippen LogP contribution < -0.4 is 20.9 Å². The monoisotopic (exact) mass is 775 g/mol. The molecule has 6 aliphatic carbocycles. The van der Waals surface area contributed by atoms with E-state index in [1.807, 2.05) is 24.3 Å². The van der Waals surface area contributed by atoms with E-state index in [0.717, 1.165) is 22.8 Å². The average molecular weight is 776 g/mol. The second kappa shape index (κ2) is 12.8. The molecule has 4 heteroatoms. The molecule has 0 heterocycles. The van der Waals surface area contributed by atoms with Crippen LogP contribution in [-0.2, 0) is 6.18 Å². The molecule has 6 aliphatic rings. The molecule has 0 spiro atoms. The first kappa shape index (κ1) is 34.6. The van der Waals surface area contributed by atoms with E-state index >= 15 is 0 Å². The van der Waals surface area contributed by atoms with E-state index in [-0.39, 0.29) is 17.4 Å². The van der Waals surface area contributed by atoms with Crippen molar-refractivity contribution in [1.82, 2.24) is 0 Å². The molecule has 0 radical (unpaired) electrons. The molecule has 0 N–H and O–H groups in total. The van der Waals surface area contributed by atoms with Crippen LogP contribution in [0.2, 0.25) is 0 Å². The van der Waals surface area contributed by atoms with Gasteiger partial charge < -0.3 is 0 Å². The van der Waals surface area contributed by atoms with Gasteiger partial charge in [0.05, 0.1) is 17.2 Å². The van der Waals surface area contributed by atoms with E-state index in [0.29, 0.717) is 11.1 Å². The quantitative estimate of drug-likeness (QED) is 0.175. The molecular formula is C56H32F3N. The zero-order valence-corrected chi connectivity index (χ0v) is 32.1. The Morgan fingerprint density at radius 3 is 1.83 bits per heavy atom. The van der Waals surface area contributed by atoms with Crippen molar-refractivity contribution in [2.24, 2.45) is 11.8 Å². The van der Waals surface area contributed by atoms with Crippen molar-refractivity contribution in [3.05, 3.63) is 230 Å². The Labute approximate surface area is 344 Å². The predicted molar refractivity (Wildman–Crippen MR) is 236 cm³/mol. The maximum atomic E-state index is 14.0. The molecular weight excluding hydrogens is 744 g/mol. The summed E-state index contributed by atoms with van der Waals surface area (Å²) < 4.78 is 42.1. The molecule has 0 bridgehead atoms. The van der Waals surface area contributed by atoms with Crippen molar-refractivity contribution in [2.45, 2.75) is 6.18 Å². The number of nitrogens with zero attached hydrogens (tertiary/aromatic N) is 1. The van der Waals surface area contributed by atoms with E-state index in [1.165, 1.54) is 88.2 Å². The molecule has 6 aromatic carbocycles. The van der Waals surface area contributed by atoms with Gasteiger partial charge in [-0.1, -0.05) is 158 Å². The largest absolute Gasteiger partial charge is 0.417 e. The molecule has 0 saturated heterocycles. The van der Waals surface area contributed by atoms with Crippen LogP contribution in [0.15, 0.2) is 182 Å². The van der Waals surface area contributed by atoms with E-state index < -0.39 is 11.7 Å². The molecule has 282 valence electrons. The Balaban J connectivity index is 1.14. The van der Waals surface area contributed by atoms with Crippen molar-refractivity contribution >= 4 is 39.5 Å². The summed E-state index contributed by atoms with van der Waals surface area (Å²) in [5, 5.41) is 14.5. The molecule has 2 unspecified atom stereocenters. The first-order chi connectivity index (χ1) is 29.4. The fraction of sp³-hybridized carbons (Fsp3) is 0.0536. The third-order valence-electron chi connectivity index (χ3n) is 13.0. The number of nitriles is 1. The minimum atomic E-state index is -4.64. The molecule has 60 heavy (non-hydrogen) atoms. The summed E-state index contributed by atoms with van der Waals surface area (Å²) in [6, 6.07) is 43.9. The molecule has 12 rings (SSSR count). The van der Waals surface area contributed by atoms with Gasteiger partial charge in [0.2, 0.25) is 0 Å². The highest BCUT2D eigenvalue weighted by Crippen LogP contribution is 2.53. The number of alkyl halides is 3. The van der Waals surface area contributed by atoms with Gasteiger partial charge in [-0.3, -0.25) is 0 Å². The molecule has 0 amide bonds. The van der Waals surface area contributed by atoms with Gasteiger partial charge in [0.15, 0.2) is 0 Å². The number of hydrogen-bond donors (Lipinski definition) is 0. The fourth-order valence-corrected chi connectivity index (χ4v) is 10.7. The van der Waals surface area contributed by atoms with Crippen molar-refractivity contribution in [3.8, 4) is 39.4 Å². The Hall–Kier alpha value is -7.48. The molecule has 2 atom stereocenters. The van der Waals surface area contributed by atoms with E-state index in [9.17, 15) is 18.4 Å². The third-order valence-corrected chi connectivity index (χ3v) is 13.0. The van der Waals surface area contributed by atoms with Crippen LogP contribution in [-0.4, -0.2) is 0 Å². The van der Waals surface area contributed by atoms with Gasteiger partial charge in [0.25, 0.3) is 0 Å². The van der Waals surface area contributed by atoms with E-state index in [1.54, 1.807) is 12.1 Å². The van der Waals surface area contributed by atoms with Gasteiger partial charge in [-0.2, -0.15) is 18.4 Å². The van der Waals surface area contributed by atoms with Crippen LogP contribution in [0.4, 0.5) is 13.2 Å². The van der Waals surface area contributed by atoms with Gasteiger partial charge in [-0.15, -0.1) is 0 Å². The molecule has 0 fully saturated rings. The maximum Gasteiger partial charge on any atom is 0.417 e. The number of hydrogen-bond acceptors (Lipinski definition) is 1. The Morgan fingerprint density at radius 1 is 0.483 bits per heavy atom. The van der Waals surface area contributed by atoms with Crippen molar-refractivity contribution in [1.29, 1.82) is 5.26 Å². The lowest BCUT2D eigenvalue weighted by Gasteiger charge is -2.31. The highest BCUT2D eigenvalue weighted by Gasteiger charge is 2.42. The molecule has 6 aromatic rings. The zero-order valence-electron chi connectivity index (χ0n) is 32.1. The van der Waals surface area contributed by atoms with Crippen LogP contribution in [0.25, 0.3) is 72.9 Å². The lowest BCUT2D eigenvalue weighted by Crippen LogP contribution is -2.31. The van der Waals surface area contributed by atoms with Crippen LogP contribution in [0.5, 0.6) is 0 Å². The number of halogens is 3.